The Bertz CT molecular complexity index is 853. The van der Waals surface area contributed by atoms with Crippen LogP contribution in [0, 0.1) is 6.92 Å². The van der Waals surface area contributed by atoms with Crippen molar-refractivity contribution in [3.63, 3.8) is 0 Å². The Kier molecular flexibility index (Phi) is 3.97. The standard InChI is InChI=1S/C15H17N5O2/c1-11-4-3-5-12-14(11)16-9-20(15(12)21)8-13-18-17-10-19(13)6-7-22-2/h3-5,9-10H,6-8H2,1-2H3. The number of hydrogen-bond donors (Lipinski definition) is 0. The molecule has 114 valence electrons. The van der Waals surface area contributed by atoms with Gasteiger partial charge in [-0.1, -0.05) is 12.1 Å². The van der Waals surface area contributed by atoms with Crippen molar-refractivity contribution in [1.82, 2.24) is 24.3 Å². The van der Waals surface area contributed by atoms with Gasteiger partial charge in [0, 0.05) is 13.7 Å². The lowest BCUT2D eigenvalue weighted by Gasteiger charge is -2.09. The smallest absolute Gasteiger partial charge is 0.261 e. The van der Waals surface area contributed by atoms with Crippen molar-refractivity contribution < 1.29 is 4.74 Å². The maximum absolute atomic E-state index is 12.6. The zero-order chi connectivity index (χ0) is 15.5. The fourth-order valence-electron chi connectivity index (χ4n) is 2.38. The highest BCUT2D eigenvalue weighted by Gasteiger charge is 2.09. The van der Waals surface area contributed by atoms with Gasteiger partial charge in [-0.3, -0.25) is 9.36 Å². The third-order valence-electron chi connectivity index (χ3n) is 3.60. The molecule has 0 radical (unpaired) electrons. The molecule has 0 N–H and O–H groups in total. The van der Waals surface area contributed by atoms with Gasteiger partial charge in [0.15, 0.2) is 5.82 Å². The van der Waals surface area contributed by atoms with E-state index in [1.807, 2.05) is 23.6 Å². The van der Waals surface area contributed by atoms with E-state index in [0.29, 0.717) is 30.9 Å². The van der Waals surface area contributed by atoms with E-state index in [-0.39, 0.29) is 5.56 Å². The summed E-state index contributed by atoms with van der Waals surface area (Å²) in [4.78, 5) is 17.0. The SMILES string of the molecule is COCCn1cnnc1Cn1cnc2c(C)cccc2c1=O. The topological polar surface area (TPSA) is 74.8 Å². The molecule has 0 aliphatic carbocycles. The number of rotatable bonds is 5. The van der Waals surface area contributed by atoms with E-state index >= 15 is 0 Å². The second kappa shape index (κ2) is 6.07. The summed E-state index contributed by atoms with van der Waals surface area (Å²) in [5.74, 6) is 0.702. The lowest BCUT2D eigenvalue weighted by atomic mass is 10.1. The lowest BCUT2D eigenvalue weighted by Crippen LogP contribution is -2.23. The van der Waals surface area contributed by atoms with Gasteiger partial charge in [-0.2, -0.15) is 0 Å². The van der Waals surface area contributed by atoms with Gasteiger partial charge in [0.05, 0.1) is 30.4 Å². The maximum atomic E-state index is 12.6. The molecule has 7 heteroatoms. The molecular weight excluding hydrogens is 282 g/mol. The van der Waals surface area contributed by atoms with E-state index < -0.39 is 0 Å². The van der Waals surface area contributed by atoms with Gasteiger partial charge >= 0.3 is 0 Å². The van der Waals surface area contributed by atoms with E-state index in [4.69, 9.17) is 4.74 Å². The largest absolute Gasteiger partial charge is 0.383 e. The number of nitrogens with zero attached hydrogens (tertiary/aromatic N) is 5. The van der Waals surface area contributed by atoms with Crippen LogP contribution in [0.3, 0.4) is 0 Å². The van der Waals surface area contributed by atoms with Crippen molar-refractivity contribution in [3.8, 4) is 0 Å². The first-order chi connectivity index (χ1) is 10.7. The second-order valence-electron chi connectivity index (χ2n) is 5.08. The van der Waals surface area contributed by atoms with Crippen LogP contribution in [0.1, 0.15) is 11.4 Å². The van der Waals surface area contributed by atoms with Crippen LogP contribution in [0.2, 0.25) is 0 Å². The Morgan fingerprint density at radius 2 is 2.09 bits per heavy atom. The van der Waals surface area contributed by atoms with E-state index in [1.54, 1.807) is 30.4 Å². The molecule has 1 aromatic carbocycles. The van der Waals surface area contributed by atoms with Crippen molar-refractivity contribution in [2.45, 2.75) is 20.0 Å². The molecule has 22 heavy (non-hydrogen) atoms. The van der Waals surface area contributed by atoms with Crippen LogP contribution in [-0.2, 0) is 17.8 Å². The van der Waals surface area contributed by atoms with Gasteiger partial charge in [-0.05, 0) is 18.6 Å². The Balaban J connectivity index is 1.97. The molecule has 2 aromatic heterocycles. The first-order valence-electron chi connectivity index (χ1n) is 7.01. The first-order valence-corrected chi connectivity index (χ1v) is 7.01. The predicted octanol–water partition coefficient (Wildman–Crippen LogP) is 0.991. The number of aryl methyl sites for hydroxylation is 1. The first kappa shape index (κ1) is 14.4. The average molecular weight is 299 g/mol. The summed E-state index contributed by atoms with van der Waals surface area (Å²) in [6.07, 6.45) is 3.20. The Hall–Kier alpha value is -2.54. The highest BCUT2D eigenvalue weighted by molar-refractivity contribution is 5.80. The summed E-state index contributed by atoms with van der Waals surface area (Å²) in [6.45, 7) is 3.49. The summed E-state index contributed by atoms with van der Waals surface area (Å²) >= 11 is 0. The van der Waals surface area contributed by atoms with Gasteiger partial charge in [-0.25, -0.2) is 4.98 Å². The number of hydrogen-bond acceptors (Lipinski definition) is 5. The molecule has 3 aromatic rings. The molecule has 0 atom stereocenters. The summed E-state index contributed by atoms with van der Waals surface area (Å²) in [5.41, 5.74) is 1.66. The lowest BCUT2D eigenvalue weighted by molar-refractivity contribution is 0.186. The summed E-state index contributed by atoms with van der Waals surface area (Å²) in [5, 5.41) is 8.59. The van der Waals surface area contributed by atoms with Crippen LogP contribution in [-0.4, -0.2) is 38.0 Å². The zero-order valence-electron chi connectivity index (χ0n) is 12.6. The molecule has 0 saturated carbocycles. The van der Waals surface area contributed by atoms with Crippen LogP contribution < -0.4 is 5.56 Å². The third kappa shape index (κ3) is 2.62. The second-order valence-corrected chi connectivity index (χ2v) is 5.08. The summed E-state index contributed by atoms with van der Waals surface area (Å²) in [7, 11) is 1.64. The number of aromatic nitrogens is 5. The van der Waals surface area contributed by atoms with Crippen LogP contribution >= 0.6 is 0 Å². The number of para-hydroxylation sites is 1. The molecule has 3 rings (SSSR count). The van der Waals surface area contributed by atoms with Crippen LogP contribution in [0.15, 0.2) is 35.6 Å². The quantitative estimate of drug-likeness (QED) is 0.702. The molecule has 7 nitrogen and oxygen atoms in total. The molecule has 0 unspecified atom stereocenters. The van der Waals surface area contributed by atoms with Gasteiger partial charge in [0.25, 0.3) is 5.56 Å². The fourth-order valence-corrected chi connectivity index (χ4v) is 2.38. The molecule has 0 spiro atoms. The molecule has 2 heterocycles. The van der Waals surface area contributed by atoms with Crippen molar-refractivity contribution in [1.29, 1.82) is 0 Å². The molecule has 0 amide bonds. The Labute approximate surface area is 127 Å². The highest BCUT2D eigenvalue weighted by Crippen LogP contribution is 2.11. The molecule has 0 aliphatic heterocycles. The third-order valence-corrected chi connectivity index (χ3v) is 3.60. The van der Waals surface area contributed by atoms with Gasteiger partial charge < -0.3 is 9.30 Å². The minimum Gasteiger partial charge on any atom is -0.383 e. The van der Waals surface area contributed by atoms with Gasteiger partial charge in [-0.15, -0.1) is 10.2 Å². The monoisotopic (exact) mass is 299 g/mol. The summed E-state index contributed by atoms with van der Waals surface area (Å²) < 4.78 is 8.48. The number of fused-ring (bicyclic) bond motifs is 1. The van der Waals surface area contributed by atoms with E-state index in [2.05, 4.69) is 15.2 Å². The fraction of sp³-hybridized carbons (Fsp3) is 0.333. The number of benzene rings is 1. The normalized spacial score (nSPS) is 11.2. The van der Waals surface area contributed by atoms with E-state index in [9.17, 15) is 4.79 Å². The van der Waals surface area contributed by atoms with Crippen molar-refractivity contribution >= 4 is 10.9 Å². The van der Waals surface area contributed by atoms with E-state index in [1.165, 1.54) is 0 Å². The summed E-state index contributed by atoms with van der Waals surface area (Å²) in [6, 6.07) is 5.61. The van der Waals surface area contributed by atoms with E-state index in [0.717, 1.165) is 11.1 Å². The molecule has 0 aliphatic rings. The molecule has 0 saturated heterocycles. The van der Waals surface area contributed by atoms with Gasteiger partial charge in [0.1, 0.15) is 6.33 Å². The maximum Gasteiger partial charge on any atom is 0.261 e. The minimum absolute atomic E-state index is 0.0741. The molecule has 0 fully saturated rings. The minimum atomic E-state index is -0.0741. The Morgan fingerprint density at radius 3 is 2.91 bits per heavy atom. The molecular formula is C15H17N5O2. The van der Waals surface area contributed by atoms with Crippen LogP contribution in [0.25, 0.3) is 10.9 Å². The van der Waals surface area contributed by atoms with Crippen molar-refractivity contribution in [2.75, 3.05) is 13.7 Å². The van der Waals surface area contributed by atoms with Crippen molar-refractivity contribution in [3.05, 3.63) is 52.6 Å². The number of ether oxygens (including phenoxy) is 1. The van der Waals surface area contributed by atoms with Crippen LogP contribution in [0.5, 0.6) is 0 Å². The number of methoxy groups -OCH3 is 1. The highest BCUT2D eigenvalue weighted by atomic mass is 16.5. The molecule has 0 bridgehead atoms. The average Bonchev–Trinajstić information content (AvgIpc) is 2.96. The Morgan fingerprint density at radius 1 is 1.23 bits per heavy atom. The zero-order valence-corrected chi connectivity index (χ0v) is 12.6. The van der Waals surface area contributed by atoms with Gasteiger partial charge in [0.2, 0.25) is 0 Å². The van der Waals surface area contributed by atoms with Crippen molar-refractivity contribution in [2.24, 2.45) is 0 Å². The predicted molar refractivity (Wildman–Crippen MR) is 81.7 cm³/mol. The van der Waals surface area contributed by atoms with Crippen LogP contribution in [0.4, 0.5) is 0 Å².